The number of anilines is 2. The molecule has 2 aromatic carbocycles. The molecule has 0 fully saturated rings. The molecule has 0 heterocycles. The third-order valence-corrected chi connectivity index (χ3v) is 4.28. The summed E-state index contributed by atoms with van der Waals surface area (Å²) in [5, 5.41) is 25.4. The summed E-state index contributed by atoms with van der Waals surface area (Å²) in [4.78, 5) is 0. The van der Waals surface area contributed by atoms with Crippen LogP contribution >= 0.6 is 24.8 Å². The number of phenols is 2. The third kappa shape index (κ3) is 12.0. The maximum atomic E-state index is 10.4. The van der Waals surface area contributed by atoms with E-state index in [9.17, 15) is 7.48 Å². The molecule has 0 radical (unpaired) electrons. The molecule has 0 spiro atoms. The summed E-state index contributed by atoms with van der Waals surface area (Å²) in [7, 11) is 0. The van der Waals surface area contributed by atoms with Crippen LogP contribution in [0.2, 0.25) is 0 Å². The van der Waals surface area contributed by atoms with Crippen molar-refractivity contribution in [2.75, 3.05) is 18.1 Å². The van der Waals surface area contributed by atoms with E-state index >= 15 is 0 Å². The molecule has 0 amide bonds. The third-order valence-electron chi connectivity index (χ3n) is 2.23. The van der Waals surface area contributed by atoms with Gasteiger partial charge in [0.05, 0.1) is 0 Å². The fraction of sp³-hybridized carbons (Fsp3) is 0.143. The summed E-state index contributed by atoms with van der Waals surface area (Å²) in [5.41, 5.74) is 11.2. The van der Waals surface area contributed by atoms with Crippen molar-refractivity contribution in [3.63, 3.8) is 0 Å². The quantitative estimate of drug-likeness (QED) is 0.217. The van der Waals surface area contributed by atoms with Crippen LogP contribution in [0.15, 0.2) is 36.4 Å². The molecule has 0 aromatic heterocycles. The van der Waals surface area contributed by atoms with Crippen LogP contribution < -0.4 is 20.2 Å². The first-order chi connectivity index (χ1) is 10.9. The Morgan fingerprint density at radius 1 is 0.840 bits per heavy atom. The minimum atomic E-state index is -1.03. The van der Waals surface area contributed by atoms with Crippen LogP contribution in [0, 0.1) is 0 Å². The van der Waals surface area contributed by atoms with Crippen LogP contribution in [-0.4, -0.2) is 53.3 Å². The molecule has 0 saturated carbocycles. The number of aliphatic hydroxyl groups excluding tert-OH is 1. The Morgan fingerprint density at radius 2 is 1.12 bits per heavy atom. The molecule has 0 bridgehead atoms. The molecule has 11 heteroatoms. The average Bonchev–Trinajstić information content (AvgIpc) is 2.54. The normalized spacial score (nSPS) is 8.72. The van der Waals surface area contributed by atoms with E-state index in [1.807, 2.05) is 0 Å². The molecular weight excluding hydrogens is 497 g/mol. The molecule has 140 valence electrons. The summed E-state index contributed by atoms with van der Waals surface area (Å²) in [6.45, 7) is 1.93. The fourth-order valence-electron chi connectivity index (χ4n) is 1.20. The van der Waals surface area contributed by atoms with E-state index in [1.165, 1.54) is 24.3 Å². The minimum absolute atomic E-state index is 0. The Bertz CT molecular complexity index is 608. The number of hydrogen-bond acceptors (Lipinski definition) is 7. The number of aliphatic hydroxyl groups is 1. The zero-order valence-electron chi connectivity index (χ0n) is 13.2. The zero-order chi connectivity index (χ0) is 17.8. The van der Waals surface area contributed by atoms with Gasteiger partial charge in [-0.3, -0.25) is 0 Å². The number of hydrogen-bond donors (Lipinski definition) is 5. The molecule has 0 aliphatic carbocycles. The van der Waals surface area contributed by atoms with Gasteiger partial charge in [0, 0.05) is 6.61 Å². The maximum absolute atomic E-state index is 10.4. The van der Waals surface area contributed by atoms with E-state index in [0.717, 1.165) is 0 Å². The first-order valence-corrected chi connectivity index (χ1v) is 9.75. The van der Waals surface area contributed by atoms with Crippen LogP contribution in [0.3, 0.4) is 0 Å². The van der Waals surface area contributed by atoms with Crippen molar-refractivity contribution in [3.05, 3.63) is 36.4 Å². The van der Waals surface area contributed by atoms with Crippen LogP contribution in [-0.2, 0) is 7.48 Å². The zero-order valence-corrected chi connectivity index (χ0v) is 18.6. The Kier molecular flexibility index (Phi) is 18.8. The summed E-state index contributed by atoms with van der Waals surface area (Å²) < 4.78 is 22.1. The average molecular weight is 517 g/mol. The van der Waals surface area contributed by atoms with Crippen LogP contribution in [0.1, 0.15) is 6.92 Å². The molecular formula is C14H20As2Cl2N2O5. The Morgan fingerprint density at radius 3 is 1.32 bits per heavy atom. The number of aromatic hydroxyl groups is 2. The van der Waals surface area contributed by atoms with Crippen LogP contribution in [0.5, 0.6) is 11.5 Å². The van der Waals surface area contributed by atoms with Crippen molar-refractivity contribution in [2.45, 2.75) is 6.92 Å². The number of nitrogens with two attached hydrogens (primary N) is 2. The van der Waals surface area contributed by atoms with Gasteiger partial charge in [0.2, 0.25) is 0 Å². The van der Waals surface area contributed by atoms with E-state index in [2.05, 4.69) is 0 Å². The summed E-state index contributed by atoms with van der Waals surface area (Å²) in [6.07, 6.45) is 0. The molecule has 0 aliphatic rings. The van der Waals surface area contributed by atoms with E-state index in [1.54, 1.807) is 19.1 Å². The summed E-state index contributed by atoms with van der Waals surface area (Å²) in [5.74, 6) is 0.0804. The molecule has 0 atom stereocenters. The molecule has 25 heavy (non-hydrogen) atoms. The van der Waals surface area contributed by atoms with E-state index in [4.69, 9.17) is 26.8 Å². The number of halogens is 2. The second kappa shape index (κ2) is 16.4. The van der Waals surface area contributed by atoms with Crippen molar-refractivity contribution in [3.8, 4) is 11.5 Å². The fourth-order valence-corrected chi connectivity index (χ4v) is 2.57. The van der Waals surface area contributed by atoms with Gasteiger partial charge in [0.15, 0.2) is 0 Å². The Balaban J connectivity index is -0.000000313. The van der Waals surface area contributed by atoms with Crippen molar-refractivity contribution < 1.29 is 22.8 Å². The van der Waals surface area contributed by atoms with Gasteiger partial charge < -0.3 is 5.11 Å². The van der Waals surface area contributed by atoms with Gasteiger partial charge in [-0.1, -0.05) is 0 Å². The van der Waals surface area contributed by atoms with Gasteiger partial charge in [-0.2, -0.15) is 0 Å². The monoisotopic (exact) mass is 516 g/mol. The van der Waals surface area contributed by atoms with Crippen LogP contribution in [0.4, 0.5) is 11.4 Å². The second-order valence-electron chi connectivity index (χ2n) is 3.99. The standard InChI is InChI=1S/2C6H6AsNO2.C2H6O.2ClH/c2*8-5-3-4(7-10)1-2-6(5)9;1-2-3;;/h2*1-3,9H,8H2;3H,2H2,1H3;2*1H. The number of benzene rings is 2. The van der Waals surface area contributed by atoms with E-state index in [0.29, 0.717) is 8.70 Å². The molecule has 7 N–H and O–H groups in total. The van der Waals surface area contributed by atoms with Gasteiger partial charge in [0.25, 0.3) is 0 Å². The Labute approximate surface area is 171 Å². The molecule has 0 saturated heterocycles. The topological polar surface area (TPSA) is 147 Å². The summed E-state index contributed by atoms with van der Waals surface area (Å²) >= 11 is -2.07. The van der Waals surface area contributed by atoms with Gasteiger partial charge in [-0.25, -0.2) is 0 Å². The number of phenolic OH excluding ortho intramolecular Hbond substituents is 2. The predicted octanol–water partition coefficient (Wildman–Crippen LogP) is 0.141. The molecule has 2 rings (SSSR count). The van der Waals surface area contributed by atoms with Gasteiger partial charge in [-0.05, 0) is 6.92 Å². The van der Waals surface area contributed by atoms with Gasteiger partial charge in [-0.15, -0.1) is 24.8 Å². The van der Waals surface area contributed by atoms with Gasteiger partial charge in [0.1, 0.15) is 0 Å². The molecule has 0 aliphatic heterocycles. The van der Waals surface area contributed by atoms with Crippen LogP contribution in [0.25, 0.3) is 0 Å². The molecule has 7 nitrogen and oxygen atoms in total. The summed E-state index contributed by atoms with van der Waals surface area (Å²) in [6, 6.07) is 9.11. The number of rotatable bonds is 2. The van der Waals surface area contributed by atoms with E-state index < -0.39 is 31.4 Å². The van der Waals surface area contributed by atoms with Crippen molar-refractivity contribution in [1.29, 1.82) is 0 Å². The molecule has 2 aromatic rings. The van der Waals surface area contributed by atoms with Gasteiger partial charge >= 0.3 is 129 Å². The van der Waals surface area contributed by atoms with Crippen molar-refractivity contribution in [2.24, 2.45) is 0 Å². The van der Waals surface area contributed by atoms with Crippen molar-refractivity contribution >= 4 is 76.3 Å². The first-order valence-electron chi connectivity index (χ1n) is 6.34. The molecule has 0 unspecified atom stereocenters. The second-order valence-corrected chi connectivity index (χ2v) is 6.92. The van der Waals surface area contributed by atoms with E-state index in [-0.39, 0.29) is 54.3 Å². The Hall–Kier alpha value is -1.10. The number of nitrogen functional groups attached to an aromatic ring is 2. The predicted molar refractivity (Wildman–Crippen MR) is 104 cm³/mol. The SMILES string of the molecule is CCO.Cl.Cl.Nc1cc([As]=O)ccc1O.Nc1cc([As]=O)ccc1O. The van der Waals surface area contributed by atoms with Crippen molar-refractivity contribution in [1.82, 2.24) is 0 Å². The first kappa shape index (κ1) is 28.7.